The predicted octanol–water partition coefficient (Wildman–Crippen LogP) is 4.80. The molecule has 0 aliphatic carbocycles. The van der Waals surface area contributed by atoms with Crippen LogP contribution in [0, 0.1) is 0 Å². The number of fused-ring (bicyclic) bond motifs is 1. The molecule has 3 aliphatic heterocycles. The molecule has 0 spiro atoms. The monoisotopic (exact) mass is 465 g/mol. The fourth-order valence-electron chi connectivity index (χ4n) is 4.90. The molecule has 2 aromatic carbocycles. The number of anilines is 1. The number of nitrogens with zero attached hydrogens (tertiary/aromatic N) is 2. The van der Waals surface area contributed by atoms with Gasteiger partial charge in [0.2, 0.25) is 0 Å². The molecule has 0 radical (unpaired) electrons. The van der Waals surface area contributed by atoms with Crippen molar-refractivity contribution in [2.24, 2.45) is 0 Å². The van der Waals surface area contributed by atoms with Crippen LogP contribution in [0.1, 0.15) is 48.0 Å². The van der Waals surface area contributed by atoms with E-state index >= 15 is 0 Å². The minimum absolute atomic E-state index is 0.00615. The number of halogens is 1. The minimum Gasteiger partial charge on any atom is -0.449 e. The third-order valence-electron chi connectivity index (χ3n) is 6.74. The minimum atomic E-state index is -0.343. The molecule has 0 aromatic heterocycles. The molecule has 2 fully saturated rings. The second-order valence-corrected chi connectivity index (χ2v) is 9.38. The number of hydrogen-bond donors (Lipinski definition) is 1. The van der Waals surface area contributed by atoms with Crippen LogP contribution >= 0.6 is 11.6 Å². The summed E-state index contributed by atoms with van der Waals surface area (Å²) in [5, 5.41) is 3.48. The van der Waals surface area contributed by atoms with Crippen molar-refractivity contribution in [3.8, 4) is 5.75 Å². The molecule has 2 saturated heterocycles. The van der Waals surface area contributed by atoms with Gasteiger partial charge in [-0.15, -0.1) is 0 Å². The fourth-order valence-corrected chi connectivity index (χ4v) is 5.03. The Labute approximate surface area is 199 Å². The summed E-state index contributed by atoms with van der Waals surface area (Å²) in [5.74, 6) is 0.384. The number of carbonyl (C=O) groups is 2. The number of carbonyl (C=O) groups excluding carboxylic acids is 2. The van der Waals surface area contributed by atoms with Gasteiger partial charge >= 0.3 is 0 Å². The van der Waals surface area contributed by atoms with E-state index in [1.54, 1.807) is 36.4 Å². The second kappa shape index (κ2) is 9.57. The third-order valence-corrected chi connectivity index (χ3v) is 7.00. The molecule has 0 bridgehead atoms. The Kier molecular flexibility index (Phi) is 6.38. The van der Waals surface area contributed by atoms with Crippen LogP contribution in [0.4, 0.5) is 5.69 Å². The van der Waals surface area contributed by atoms with Crippen molar-refractivity contribution in [3.63, 3.8) is 0 Å². The van der Waals surface area contributed by atoms with Gasteiger partial charge in [0, 0.05) is 29.7 Å². The molecule has 3 aliphatic rings. The maximum atomic E-state index is 13.1. The lowest BCUT2D eigenvalue weighted by atomic mass is 9.99. The molecule has 172 valence electrons. The molecule has 5 rings (SSSR count). The lowest BCUT2D eigenvalue weighted by molar-refractivity contribution is -0.115. The summed E-state index contributed by atoms with van der Waals surface area (Å²) in [6.07, 6.45) is 7.63. The zero-order valence-corrected chi connectivity index (χ0v) is 19.3. The van der Waals surface area contributed by atoms with Gasteiger partial charge in [-0.25, -0.2) is 0 Å². The van der Waals surface area contributed by atoms with E-state index in [0.29, 0.717) is 28.1 Å². The summed E-state index contributed by atoms with van der Waals surface area (Å²) in [6, 6.07) is 13.0. The van der Waals surface area contributed by atoms with Crippen molar-refractivity contribution in [3.05, 3.63) is 64.4 Å². The number of piperidine rings is 2. The van der Waals surface area contributed by atoms with Gasteiger partial charge in [0.25, 0.3) is 11.8 Å². The summed E-state index contributed by atoms with van der Waals surface area (Å²) in [5.41, 5.74) is 1.90. The van der Waals surface area contributed by atoms with E-state index in [1.807, 2.05) is 17.0 Å². The molecular weight excluding hydrogens is 438 g/mol. The summed E-state index contributed by atoms with van der Waals surface area (Å²) < 4.78 is 5.83. The smallest absolute Gasteiger partial charge is 0.291 e. The summed E-state index contributed by atoms with van der Waals surface area (Å²) in [6.45, 7) is 3.93. The SMILES string of the molecule is O=C1Nc2cc(C(=O)N3CCC(N4CCCCC4)CC3)ccc2OC1=Cc1ccc(Cl)cc1. The first kappa shape index (κ1) is 22.0. The molecule has 6 nitrogen and oxygen atoms in total. The van der Waals surface area contributed by atoms with Crippen LogP contribution in [0.25, 0.3) is 6.08 Å². The van der Waals surface area contributed by atoms with Crippen molar-refractivity contribution < 1.29 is 14.3 Å². The molecule has 1 N–H and O–H groups in total. The topological polar surface area (TPSA) is 61.9 Å². The van der Waals surface area contributed by atoms with Crippen LogP contribution in [0.5, 0.6) is 5.75 Å². The highest BCUT2D eigenvalue weighted by Crippen LogP contribution is 2.33. The zero-order valence-electron chi connectivity index (χ0n) is 18.6. The molecule has 7 heteroatoms. The zero-order chi connectivity index (χ0) is 22.8. The van der Waals surface area contributed by atoms with E-state index in [-0.39, 0.29) is 17.6 Å². The van der Waals surface area contributed by atoms with Gasteiger partial charge in [-0.05, 0) is 80.7 Å². The van der Waals surface area contributed by atoms with Gasteiger partial charge in [0.1, 0.15) is 0 Å². The van der Waals surface area contributed by atoms with Crippen molar-refractivity contribution in [2.75, 3.05) is 31.5 Å². The van der Waals surface area contributed by atoms with Crippen LogP contribution in [-0.4, -0.2) is 53.8 Å². The first-order valence-corrected chi connectivity index (χ1v) is 12.1. The number of nitrogens with one attached hydrogen (secondary N) is 1. The Bertz CT molecular complexity index is 1070. The third kappa shape index (κ3) is 4.92. The first-order chi connectivity index (χ1) is 16.1. The van der Waals surface area contributed by atoms with Gasteiger partial charge in [0.15, 0.2) is 11.5 Å². The predicted molar refractivity (Wildman–Crippen MR) is 129 cm³/mol. The highest BCUT2D eigenvalue weighted by molar-refractivity contribution is 6.30. The standard InChI is InChI=1S/C26H28ClN3O3/c27-20-7-4-18(5-8-20)16-24-25(31)28-22-17-19(6-9-23(22)33-24)26(32)30-14-10-21(11-15-30)29-12-2-1-3-13-29/h4-9,16-17,21H,1-3,10-15H2,(H,28,31). The summed E-state index contributed by atoms with van der Waals surface area (Å²) in [4.78, 5) is 30.2. The number of hydrogen-bond acceptors (Lipinski definition) is 4. The largest absolute Gasteiger partial charge is 0.449 e. The molecule has 0 saturated carbocycles. The number of benzene rings is 2. The maximum absolute atomic E-state index is 13.1. The summed E-state index contributed by atoms with van der Waals surface area (Å²) in [7, 11) is 0. The molecule has 0 atom stereocenters. The van der Waals surface area contributed by atoms with E-state index in [9.17, 15) is 9.59 Å². The molecule has 2 amide bonds. The summed E-state index contributed by atoms with van der Waals surface area (Å²) >= 11 is 5.92. The van der Waals surface area contributed by atoms with Crippen molar-refractivity contribution >= 4 is 35.2 Å². The van der Waals surface area contributed by atoms with Crippen LogP contribution in [0.3, 0.4) is 0 Å². The van der Waals surface area contributed by atoms with Gasteiger partial charge in [0.05, 0.1) is 5.69 Å². The number of rotatable bonds is 3. The maximum Gasteiger partial charge on any atom is 0.291 e. The lowest BCUT2D eigenvalue weighted by Crippen LogP contribution is -2.48. The Morgan fingerprint density at radius 3 is 2.45 bits per heavy atom. The van der Waals surface area contributed by atoms with Gasteiger partial charge in [-0.1, -0.05) is 30.2 Å². The van der Waals surface area contributed by atoms with Crippen LogP contribution in [-0.2, 0) is 4.79 Å². The number of likely N-dealkylation sites (tertiary alicyclic amines) is 2. The first-order valence-electron chi connectivity index (χ1n) is 11.7. The Hall–Kier alpha value is -2.83. The molecular formula is C26H28ClN3O3. The highest BCUT2D eigenvalue weighted by atomic mass is 35.5. The van der Waals surface area contributed by atoms with E-state index in [0.717, 1.165) is 31.5 Å². The van der Waals surface area contributed by atoms with Gasteiger partial charge in [-0.2, -0.15) is 0 Å². The van der Waals surface area contributed by atoms with Crippen LogP contribution in [0.2, 0.25) is 5.02 Å². The lowest BCUT2D eigenvalue weighted by Gasteiger charge is -2.40. The van der Waals surface area contributed by atoms with Crippen LogP contribution in [0.15, 0.2) is 48.2 Å². The van der Waals surface area contributed by atoms with Crippen LogP contribution < -0.4 is 10.1 Å². The molecule has 2 aromatic rings. The molecule has 0 unspecified atom stereocenters. The normalized spacial score (nSPS) is 20.8. The van der Waals surface area contributed by atoms with Crippen molar-refractivity contribution in [2.45, 2.75) is 38.1 Å². The van der Waals surface area contributed by atoms with Crippen molar-refractivity contribution in [1.29, 1.82) is 0 Å². The van der Waals surface area contributed by atoms with E-state index in [1.165, 1.54) is 32.4 Å². The second-order valence-electron chi connectivity index (χ2n) is 8.95. The van der Waals surface area contributed by atoms with Crippen molar-refractivity contribution in [1.82, 2.24) is 9.80 Å². The van der Waals surface area contributed by atoms with E-state index < -0.39 is 0 Å². The molecule has 33 heavy (non-hydrogen) atoms. The highest BCUT2D eigenvalue weighted by Gasteiger charge is 2.29. The number of amides is 2. The van der Waals surface area contributed by atoms with E-state index in [4.69, 9.17) is 16.3 Å². The molecule has 3 heterocycles. The average molecular weight is 466 g/mol. The van der Waals surface area contributed by atoms with E-state index in [2.05, 4.69) is 10.2 Å². The number of ether oxygens (including phenoxy) is 1. The van der Waals surface area contributed by atoms with Gasteiger partial charge < -0.3 is 19.9 Å². The quantitative estimate of drug-likeness (QED) is 0.661. The van der Waals surface area contributed by atoms with Gasteiger partial charge in [-0.3, -0.25) is 9.59 Å². The Morgan fingerprint density at radius 2 is 1.73 bits per heavy atom. The Morgan fingerprint density at radius 1 is 1.00 bits per heavy atom. The Balaban J connectivity index is 1.24. The average Bonchev–Trinajstić information content (AvgIpc) is 2.86. The fraction of sp³-hybridized carbons (Fsp3) is 0.385.